The van der Waals surface area contributed by atoms with Crippen molar-refractivity contribution in [2.75, 3.05) is 26.2 Å². The molecule has 2 amide bonds. The summed E-state index contributed by atoms with van der Waals surface area (Å²) < 4.78 is 0. The number of amides is 2. The lowest BCUT2D eigenvalue weighted by Gasteiger charge is -2.35. The third-order valence-electron chi connectivity index (χ3n) is 5.03. The molecule has 1 aromatic carbocycles. The highest BCUT2D eigenvalue weighted by Crippen LogP contribution is 2.19. The van der Waals surface area contributed by atoms with Crippen molar-refractivity contribution in [2.45, 2.75) is 46.5 Å². The molecule has 3 rings (SSSR count). The lowest BCUT2D eigenvalue weighted by atomic mass is 10.1. The van der Waals surface area contributed by atoms with E-state index in [1.807, 2.05) is 28.0 Å². The summed E-state index contributed by atoms with van der Waals surface area (Å²) in [6, 6.07) is 5.98. The summed E-state index contributed by atoms with van der Waals surface area (Å²) in [5.74, 6) is 2.00. The van der Waals surface area contributed by atoms with Gasteiger partial charge in [0.25, 0.3) is 0 Å². The van der Waals surface area contributed by atoms with E-state index in [1.54, 1.807) is 0 Å². The minimum Gasteiger partial charge on any atom is -0.342 e. The molecule has 1 saturated heterocycles. The summed E-state index contributed by atoms with van der Waals surface area (Å²) in [7, 11) is 0. The van der Waals surface area contributed by atoms with Crippen LogP contribution in [0, 0.1) is 5.92 Å². The lowest BCUT2D eigenvalue weighted by molar-refractivity contribution is -0.139. The summed E-state index contributed by atoms with van der Waals surface area (Å²) in [6.07, 6.45) is 0.961. The number of fused-ring (bicyclic) bond motifs is 1. The Bertz CT molecular complexity index is 817. The summed E-state index contributed by atoms with van der Waals surface area (Å²) in [4.78, 5) is 36.5. The maximum atomic E-state index is 12.7. The van der Waals surface area contributed by atoms with Crippen molar-refractivity contribution in [1.82, 2.24) is 19.8 Å². The molecule has 27 heavy (non-hydrogen) atoms. The van der Waals surface area contributed by atoms with Crippen LogP contribution in [0.1, 0.15) is 51.4 Å². The Labute approximate surface area is 160 Å². The van der Waals surface area contributed by atoms with E-state index in [4.69, 9.17) is 0 Å². The van der Waals surface area contributed by atoms with E-state index < -0.39 is 0 Å². The summed E-state index contributed by atoms with van der Waals surface area (Å²) >= 11 is 0. The van der Waals surface area contributed by atoms with Crippen molar-refractivity contribution in [2.24, 2.45) is 5.92 Å². The van der Waals surface area contributed by atoms with Gasteiger partial charge < -0.3 is 14.8 Å². The minimum absolute atomic E-state index is 0.119. The fraction of sp³-hybridized carbons (Fsp3) is 0.571. The van der Waals surface area contributed by atoms with Crippen LogP contribution in [-0.4, -0.2) is 57.8 Å². The molecule has 1 aliphatic heterocycles. The Morgan fingerprint density at radius 3 is 2.26 bits per heavy atom. The van der Waals surface area contributed by atoms with E-state index in [9.17, 15) is 9.59 Å². The van der Waals surface area contributed by atoms with Crippen LogP contribution in [0.5, 0.6) is 0 Å². The van der Waals surface area contributed by atoms with Crippen molar-refractivity contribution < 1.29 is 9.59 Å². The molecule has 1 fully saturated rings. The van der Waals surface area contributed by atoms with Crippen molar-refractivity contribution in [3.8, 4) is 0 Å². The Morgan fingerprint density at radius 1 is 1.04 bits per heavy atom. The van der Waals surface area contributed by atoms with Crippen LogP contribution in [0.4, 0.5) is 0 Å². The van der Waals surface area contributed by atoms with Gasteiger partial charge in [0, 0.05) is 38.5 Å². The zero-order valence-corrected chi connectivity index (χ0v) is 16.8. The summed E-state index contributed by atoms with van der Waals surface area (Å²) in [5, 5.41) is 0. The van der Waals surface area contributed by atoms with Crippen molar-refractivity contribution in [3.63, 3.8) is 0 Å². The first-order valence-corrected chi connectivity index (χ1v) is 9.87. The minimum atomic E-state index is 0.119. The van der Waals surface area contributed by atoms with Crippen LogP contribution in [0.3, 0.4) is 0 Å². The average Bonchev–Trinajstić information content (AvgIpc) is 3.05. The fourth-order valence-corrected chi connectivity index (χ4v) is 3.43. The van der Waals surface area contributed by atoms with Crippen molar-refractivity contribution >= 4 is 22.8 Å². The first kappa shape index (κ1) is 19.4. The topological polar surface area (TPSA) is 69.3 Å². The van der Waals surface area contributed by atoms with E-state index >= 15 is 0 Å². The predicted molar refractivity (Wildman–Crippen MR) is 107 cm³/mol. The van der Waals surface area contributed by atoms with E-state index in [1.165, 1.54) is 0 Å². The second-order valence-electron chi connectivity index (χ2n) is 8.16. The first-order chi connectivity index (χ1) is 12.8. The van der Waals surface area contributed by atoms with E-state index in [-0.39, 0.29) is 11.8 Å². The number of nitrogens with zero attached hydrogens (tertiary/aromatic N) is 3. The Balaban J connectivity index is 1.58. The molecule has 1 N–H and O–H groups in total. The second-order valence-corrected chi connectivity index (χ2v) is 8.16. The lowest BCUT2D eigenvalue weighted by Crippen LogP contribution is -2.51. The van der Waals surface area contributed by atoms with Gasteiger partial charge in [-0.15, -0.1) is 0 Å². The number of piperazine rings is 1. The maximum absolute atomic E-state index is 12.7. The molecule has 0 atom stereocenters. The molecule has 2 heterocycles. The number of H-pyrrole nitrogens is 1. The van der Waals surface area contributed by atoms with Gasteiger partial charge >= 0.3 is 0 Å². The standard InChI is InChI=1S/C21H30N4O2/c1-14(2)11-19(26)24-7-9-25(10-8-24)20(27)13-16-5-6-17-18(12-16)23-21(22-17)15(3)4/h5-6,12,14-15H,7-11,13H2,1-4H3,(H,22,23). The third-order valence-corrected chi connectivity index (χ3v) is 5.03. The van der Waals surface area contributed by atoms with Crippen LogP contribution < -0.4 is 0 Å². The van der Waals surface area contributed by atoms with E-state index in [0.717, 1.165) is 22.4 Å². The molecule has 0 aliphatic carbocycles. The molecule has 6 nitrogen and oxygen atoms in total. The molecule has 0 radical (unpaired) electrons. The SMILES string of the molecule is CC(C)CC(=O)N1CCN(C(=O)Cc2ccc3nc(C(C)C)[nH]c3c2)CC1. The fourth-order valence-electron chi connectivity index (χ4n) is 3.43. The van der Waals surface area contributed by atoms with Crippen LogP contribution in [0.2, 0.25) is 0 Å². The van der Waals surface area contributed by atoms with Gasteiger partial charge in [-0.2, -0.15) is 0 Å². The van der Waals surface area contributed by atoms with Crippen LogP contribution in [0.15, 0.2) is 18.2 Å². The normalized spacial score (nSPS) is 15.2. The van der Waals surface area contributed by atoms with Gasteiger partial charge in [-0.1, -0.05) is 33.8 Å². The number of carbonyl (C=O) groups is 2. The van der Waals surface area contributed by atoms with Gasteiger partial charge in [0.15, 0.2) is 0 Å². The molecule has 1 aliphatic rings. The first-order valence-electron chi connectivity index (χ1n) is 9.87. The quantitative estimate of drug-likeness (QED) is 0.880. The van der Waals surface area contributed by atoms with Gasteiger partial charge in [-0.25, -0.2) is 4.98 Å². The summed E-state index contributed by atoms with van der Waals surface area (Å²) in [5.41, 5.74) is 2.91. The Kier molecular flexibility index (Phi) is 5.82. The smallest absolute Gasteiger partial charge is 0.227 e. The molecular weight excluding hydrogens is 340 g/mol. The number of aromatic nitrogens is 2. The number of benzene rings is 1. The summed E-state index contributed by atoms with van der Waals surface area (Å²) in [6.45, 7) is 10.8. The van der Waals surface area contributed by atoms with Crippen molar-refractivity contribution in [3.05, 3.63) is 29.6 Å². The second kappa shape index (κ2) is 8.11. The number of nitrogens with one attached hydrogen (secondary N) is 1. The number of hydrogen-bond donors (Lipinski definition) is 1. The van der Waals surface area contributed by atoms with Gasteiger partial charge in [0.2, 0.25) is 11.8 Å². The van der Waals surface area contributed by atoms with Gasteiger partial charge in [-0.3, -0.25) is 9.59 Å². The Morgan fingerprint density at radius 2 is 1.67 bits per heavy atom. The molecule has 1 aromatic heterocycles. The monoisotopic (exact) mass is 370 g/mol. The molecule has 0 unspecified atom stereocenters. The number of rotatable bonds is 5. The molecule has 0 spiro atoms. The molecule has 146 valence electrons. The highest BCUT2D eigenvalue weighted by atomic mass is 16.2. The van der Waals surface area contributed by atoms with Gasteiger partial charge in [0.05, 0.1) is 17.5 Å². The molecule has 0 saturated carbocycles. The maximum Gasteiger partial charge on any atom is 0.227 e. The molecule has 0 bridgehead atoms. The number of hydrogen-bond acceptors (Lipinski definition) is 3. The van der Waals surface area contributed by atoms with Crippen LogP contribution in [-0.2, 0) is 16.0 Å². The third kappa shape index (κ3) is 4.67. The van der Waals surface area contributed by atoms with Crippen molar-refractivity contribution in [1.29, 1.82) is 0 Å². The van der Waals surface area contributed by atoms with E-state index in [2.05, 4.69) is 37.7 Å². The zero-order chi connectivity index (χ0) is 19.6. The average molecular weight is 370 g/mol. The molecule has 2 aromatic rings. The predicted octanol–water partition coefficient (Wildman–Crippen LogP) is 2.95. The number of aromatic amines is 1. The largest absolute Gasteiger partial charge is 0.342 e. The highest BCUT2D eigenvalue weighted by Gasteiger charge is 2.24. The van der Waals surface area contributed by atoms with E-state index in [0.29, 0.717) is 50.9 Å². The van der Waals surface area contributed by atoms with Crippen LogP contribution in [0.25, 0.3) is 11.0 Å². The molecule has 6 heteroatoms. The molecular formula is C21H30N4O2. The van der Waals surface area contributed by atoms with Crippen LogP contribution >= 0.6 is 0 Å². The Hall–Kier alpha value is -2.37. The number of carbonyl (C=O) groups excluding carboxylic acids is 2. The highest BCUT2D eigenvalue weighted by molar-refractivity contribution is 5.82. The van der Waals surface area contributed by atoms with Gasteiger partial charge in [-0.05, 0) is 23.6 Å². The number of imidazole rings is 1. The zero-order valence-electron chi connectivity index (χ0n) is 16.8. The van der Waals surface area contributed by atoms with Gasteiger partial charge in [0.1, 0.15) is 5.82 Å².